The summed E-state index contributed by atoms with van der Waals surface area (Å²) in [4.78, 5) is 5.12. The van der Waals surface area contributed by atoms with Crippen LogP contribution >= 0.6 is 11.6 Å². The van der Waals surface area contributed by atoms with E-state index in [0.29, 0.717) is 11.9 Å². The molecule has 2 saturated heterocycles. The molecule has 0 aliphatic carbocycles. The maximum absolute atomic E-state index is 5.87. The van der Waals surface area contributed by atoms with E-state index in [1.165, 1.54) is 45.4 Å². The predicted octanol–water partition coefficient (Wildman–Crippen LogP) is 1.80. The first-order valence-corrected chi connectivity index (χ1v) is 7.47. The molecule has 0 aromatic rings. The topological polar surface area (TPSA) is 15.7 Å². The minimum absolute atomic E-state index is 0.236. The fourth-order valence-corrected chi connectivity index (χ4v) is 2.97. The van der Waals surface area contributed by atoms with Gasteiger partial charge < -0.3 is 9.64 Å². The van der Waals surface area contributed by atoms with Gasteiger partial charge in [-0.05, 0) is 52.4 Å². The fourth-order valence-electron chi connectivity index (χ4n) is 2.78. The van der Waals surface area contributed by atoms with E-state index in [9.17, 15) is 0 Å². The Balaban J connectivity index is 1.65. The molecule has 0 aromatic heterocycles. The highest BCUT2D eigenvalue weighted by atomic mass is 35.5. The number of ether oxygens (including phenoxy) is 1. The summed E-state index contributed by atoms with van der Waals surface area (Å²) in [5.41, 5.74) is 0. The van der Waals surface area contributed by atoms with Gasteiger partial charge in [0.25, 0.3) is 0 Å². The minimum Gasteiger partial charge on any atom is -0.374 e. The summed E-state index contributed by atoms with van der Waals surface area (Å²) in [6.07, 6.45) is 4.30. The lowest BCUT2D eigenvalue weighted by Crippen LogP contribution is -2.49. The first-order chi connectivity index (χ1) is 8.29. The van der Waals surface area contributed by atoms with E-state index in [2.05, 4.69) is 16.7 Å². The Labute approximate surface area is 110 Å². The molecular weight excluding hydrogens is 236 g/mol. The zero-order chi connectivity index (χ0) is 12.1. The van der Waals surface area contributed by atoms with Gasteiger partial charge in [0.05, 0.1) is 12.7 Å². The van der Waals surface area contributed by atoms with Gasteiger partial charge in [-0.25, -0.2) is 0 Å². The maximum Gasteiger partial charge on any atom is 0.0837 e. The summed E-state index contributed by atoms with van der Waals surface area (Å²) < 4.78 is 5.67. The molecule has 2 atom stereocenters. The van der Waals surface area contributed by atoms with Crippen LogP contribution in [0.15, 0.2) is 0 Å². The summed E-state index contributed by atoms with van der Waals surface area (Å²) in [6, 6.07) is 0.549. The molecule has 0 amide bonds. The van der Waals surface area contributed by atoms with Crippen molar-refractivity contribution in [3.8, 4) is 0 Å². The Bertz CT molecular complexity index is 221. The monoisotopic (exact) mass is 260 g/mol. The zero-order valence-electron chi connectivity index (χ0n) is 10.9. The van der Waals surface area contributed by atoms with Crippen molar-refractivity contribution in [2.24, 2.45) is 0 Å². The minimum atomic E-state index is 0.236. The van der Waals surface area contributed by atoms with E-state index in [4.69, 9.17) is 16.3 Å². The highest BCUT2D eigenvalue weighted by Crippen LogP contribution is 2.14. The Hall–Kier alpha value is 0.170. The lowest BCUT2D eigenvalue weighted by molar-refractivity contribution is -0.0483. The molecule has 17 heavy (non-hydrogen) atoms. The summed E-state index contributed by atoms with van der Waals surface area (Å²) in [7, 11) is 0. The average molecular weight is 261 g/mol. The predicted molar refractivity (Wildman–Crippen MR) is 71.8 cm³/mol. The number of hydrogen-bond acceptors (Lipinski definition) is 3. The largest absolute Gasteiger partial charge is 0.374 e. The van der Waals surface area contributed by atoms with Crippen molar-refractivity contribution in [3.05, 3.63) is 0 Å². The number of likely N-dealkylation sites (tertiary alicyclic amines) is 1. The molecule has 0 radical (unpaired) electrons. The molecule has 0 N–H and O–H groups in total. The van der Waals surface area contributed by atoms with E-state index in [-0.39, 0.29) is 6.10 Å². The molecule has 0 aromatic carbocycles. The van der Waals surface area contributed by atoms with Crippen molar-refractivity contribution in [1.82, 2.24) is 9.80 Å². The van der Waals surface area contributed by atoms with Crippen molar-refractivity contribution in [2.45, 2.75) is 38.3 Å². The van der Waals surface area contributed by atoms with Crippen molar-refractivity contribution in [2.75, 3.05) is 45.2 Å². The van der Waals surface area contributed by atoms with Gasteiger partial charge in [0.15, 0.2) is 0 Å². The molecule has 2 heterocycles. The zero-order valence-corrected chi connectivity index (χ0v) is 11.7. The van der Waals surface area contributed by atoms with Crippen LogP contribution in [0.5, 0.6) is 0 Å². The van der Waals surface area contributed by atoms with Crippen molar-refractivity contribution >= 4 is 11.6 Å². The van der Waals surface area contributed by atoms with Crippen LogP contribution in [-0.2, 0) is 4.74 Å². The SMILES string of the molecule is CC1COC(CCl)CN1CCCN1CCCC1. The summed E-state index contributed by atoms with van der Waals surface area (Å²) in [6.45, 7) is 9.15. The van der Waals surface area contributed by atoms with Crippen LogP contribution in [0, 0.1) is 0 Å². The molecule has 3 nitrogen and oxygen atoms in total. The summed E-state index contributed by atoms with van der Waals surface area (Å²) in [5.74, 6) is 0.620. The lowest BCUT2D eigenvalue weighted by Gasteiger charge is -2.37. The molecule has 0 spiro atoms. The number of alkyl halides is 1. The van der Waals surface area contributed by atoms with E-state index >= 15 is 0 Å². The van der Waals surface area contributed by atoms with E-state index in [1.54, 1.807) is 0 Å². The molecular formula is C13H25ClN2O. The van der Waals surface area contributed by atoms with Gasteiger partial charge in [0.2, 0.25) is 0 Å². The maximum atomic E-state index is 5.87. The van der Waals surface area contributed by atoms with E-state index in [0.717, 1.165) is 13.2 Å². The van der Waals surface area contributed by atoms with Crippen LogP contribution < -0.4 is 0 Å². The van der Waals surface area contributed by atoms with Crippen LogP contribution in [0.1, 0.15) is 26.2 Å². The summed E-state index contributed by atoms with van der Waals surface area (Å²) in [5, 5.41) is 0. The Kier molecular flexibility index (Phi) is 5.54. The van der Waals surface area contributed by atoms with Gasteiger partial charge in [0.1, 0.15) is 0 Å². The molecule has 0 saturated carbocycles. The van der Waals surface area contributed by atoms with Gasteiger partial charge in [-0.1, -0.05) is 0 Å². The van der Waals surface area contributed by atoms with Crippen molar-refractivity contribution in [3.63, 3.8) is 0 Å². The third-order valence-corrected chi connectivity index (χ3v) is 4.27. The van der Waals surface area contributed by atoms with Crippen LogP contribution in [-0.4, -0.2) is 67.2 Å². The first-order valence-electron chi connectivity index (χ1n) is 6.93. The molecule has 2 aliphatic heterocycles. The molecule has 2 fully saturated rings. The third-order valence-electron chi connectivity index (χ3n) is 3.93. The second kappa shape index (κ2) is 6.93. The van der Waals surface area contributed by atoms with Gasteiger partial charge in [0, 0.05) is 18.5 Å². The van der Waals surface area contributed by atoms with Gasteiger partial charge in [-0.15, -0.1) is 11.6 Å². The molecule has 4 heteroatoms. The normalized spacial score (nSPS) is 32.1. The Morgan fingerprint density at radius 3 is 2.71 bits per heavy atom. The Morgan fingerprint density at radius 1 is 1.24 bits per heavy atom. The quantitative estimate of drug-likeness (QED) is 0.701. The van der Waals surface area contributed by atoms with E-state index < -0.39 is 0 Å². The van der Waals surface area contributed by atoms with Gasteiger partial charge in [-0.3, -0.25) is 4.90 Å². The number of nitrogens with zero attached hydrogens (tertiary/aromatic N) is 2. The van der Waals surface area contributed by atoms with Crippen LogP contribution in [0.25, 0.3) is 0 Å². The highest BCUT2D eigenvalue weighted by molar-refractivity contribution is 6.18. The molecule has 0 bridgehead atoms. The fraction of sp³-hybridized carbons (Fsp3) is 1.00. The molecule has 2 rings (SSSR count). The number of morpholine rings is 1. The van der Waals surface area contributed by atoms with E-state index in [1.807, 2.05) is 0 Å². The average Bonchev–Trinajstić information content (AvgIpc) is 2.84. The molecule has 2 unspecified atom stereocenters. The van der Waals surface area contributed by atoms with Crippen molar-refractivity contribution < 1.29 is 4.74 Å². The van der Waals surface area contributed by atoms with Gasteiger partial charge >= 0.3 is 0 Å². The van der Waals surface area contributed by atoms with Crippen LogP contribution in [0.4, 0.5) is 0 Å². The third kappa shape index (κ3) is 4.09. The first kappa shape index (κ1) is 13.6. The van der Waals surface area contributed by atoms with Crippen LogP contribution in [0.2, 0.25) is 0 Å². The number of halogens is 1. The molecule has 100 valence electrons. The standard InChI is InChI=1S/C13H25ClN2O/c1-12-11-17-13(9-14)10-16(12)8-4-7-15-5-2-3-6-15/h12-13H,2-11H2,1H3. The van der Waals surface area contributed by atoms with Gasteiger partial charge in [-0.2, -0.15) is 0 Å². The smallest absolute Gasteiger partial charge is 0.0837 e. The van der Waals surface area contributed by atoms with Crippen molar-refractivity contribution in [1.29, 1.82) is 0 Å². The number of rotatable bonds is 5. The highest BCUT2D eigenvalue weighted by Gasteiger charge is 2.25. The van der Waals surface area contributed by atoms with Crippen LogP contribution in [0.3, 0.4) is 0 Å². The number of hydrogen-bond donors (Lipinski definition) is 0. The lowest BCUT2D eigenvalue weighted by atomic mass is 10.2. The Morgan fingerprint density at radius 2 is 2.00 bits per heavy atom. The second-order valence-corrected chi connectivity index (χ2v) is 5.66. The molecule has 2 aliphatic rings. The summed E-state index contributed by atoms with van der Waals surface area (Å²) >= 11 is 5.87. The second-order valence-electron chi connectivity index (χ2n) is 5.36.